The predicted octanol–water partition coefficient (Wildman–Crippen LogP) is 0.949. The van der Waals surface area contributed by atoms with Crippen molar-refractivity contribution < 1.29 is 14.3 Å². The molecule has 4 nitrogen and oxygen atoms in total. The Bertz CT molecular complexity index is 216. The fraction of sp³-hybridized carbons (Fsp3) is 0.917. The molecule has 0 amide bonds. The number of hydrogen-bond donors (Lipinski definition) is 0. The van der Waals surface area contributed by atoms with Crippen molar-refractivity contribution in [2.75, 3.05) is 40.5 Å². The highest BCUT2D eigenvalue weighted by molar-refractivity contribution is 5.85. The molecule has 0 saturated heterocycles. The Morgan fingerprint density at radius 2 is 2.06 bits per heavy atom. The van der Waals surface area contributed by atoms with Crippen LogP contribution in [0.4, 0.5) is 0 Å². The third kappa shape index (κ3) is 4.60. The number of carbonyl (C=O) groups is 1. The lowest BCUT2D eigenvalue weighted by atomic mass is 10.2. The Balaban J connectivity index is 2.37. The van der Waals surface area contributed by atoms with Crippen LogP contribution in [-0.4, -0.2) is 57.2 Å². The van der Waals surface area contributed by atoms with Crippen molar-refractivity contribution in [3.63, 3.8) is 0 Å². The van der Waals surface area contributed by atoms with E-state index in [9.17, 15) is 4.79 Å². The maximum atomic E-state index is 11.8. The van der Waals surface area contributed by atoms with Crippen molar-refractivity contribution in [2.45, 2.75) is 25.8 Å². The Hall–Kier alpha value is -0.450. The predicted molar refractivity (Wildman–Crippen MR) is 62.5 cm³/mol. The van der Waals surface area contributed by atoms with Crippen LogP contribution in [0.2, 0.25) is 0 Å². The second-order valence-electron chi connectivity index (χ2n) is 4.51. The van der Waals surface area contributed by atoms with Crippen LogP contribution in [0.5, 0.6) is 0 Å². The van der Waals surface area contributed by atoms with Crippen LogP contribution in [0.3, 0.4) is 0 Å². The first kappa shape index (κ1) is 13.6. The minimum atomic E-state index is 0.267. The highest BCUT2D eigenvalue weighted by Gasteiger charge is 2.31. The molecule has 1 atom stereocenters. The molecule has 1 rings (SSSR count). The first-order valence-electron chi connectivity index (χ1n) is 5.93. The summed E-state index contributed by atoms with van der Waals surface area (Å²) in [5.41, 5.74) is 0. The van der Waals surface area contributed by atoms with Crippen LogP contribution in [-0.2, 0) is 14.3 Å². The van der Waals surface area contributed by atoms with Gasteiger partial charge in [0.15, 0.2) is 0 Å². The number of methoxy groups -OCH3 is 2. The second-order valence-corrected chi connectivity index (χ2v) is 4.51. The van der Waals surface area contributed by atoms with E-state index >= 15 is 0 Å². The van der Waals surface area contributed by atoms with E-state index in [1.54, 1.807) is 14.2 Å². The molecule has 0 aromatic carbocycles. The SMILES string of the molecule is COCCN(CC(=O)C1CC1)C(C)COC. The van der Waals surface area contributed by atoms with E-state index in [2.05, 4.69) is 11.8 Å². The molecule has 1 aliphatic carbocycles. The molecule has 0 spiro atoms. The maximum Gasteiger partial charge on any atom is 0.149 e. The smallest absolute Gasteiger partial charge is 0.149 e. The van der Waals surface area contributed by atoms with Gasteiger partial charge in [0.25, 0.3) is 0 Å². The van der Waals surface area contributed by atoms with Gasteiger partial charge in [0.1, 0.15) is 5.78 Å². The average molecular weight is 229 g/mol. The van der Waals surface area contributed by atoms with Crippen molar-refractivity contribution in [3.8, 4) is 0 Å². The lowest BCUT2D eigenvalue weighted by Crippen LogP contribution is -2.42. The van der Waals surface area contributed by atoms with Gasteiger partial charge in [-0.15, -0.1) is 0 Å². The maximum absolute atomic E-state index is 11.8. The Labute approximate surface area is 97.9 Å². The molecule has 0 bridgehead atoms. The Morgan fingerprint density at radius 3 is 2.56 bits per heavy atom. The molecule has 16 heavy (non-hydrogen) atoms. The summed E-state index contributed by atoms with van der Waals surface area (Å²) in [4.78, 5) is 13.9. The summed E-state index contributed by atoms with van der Waals surface area (Å²) < 4.78 is 10.2. The molecule has 0 radical (unpaired) electrons. The number of nitrogens with zero attached hydrogens (tertiary/aromatic N) is 1. The average Bonchev–Trinajstić information content (AvgIpc) is 3.07. The number of carbonyl (C=O) groups excluding carboxylic acids is 1. The fourth-order valence-corrected chi connectivity index (χ4v) is 1.75. The summed E-state index contributed by atoms with van der Waals surface area (Å²) in [6.45, 7) is 4.73. The number of rotatable bonds is 9. The zero-order valence-electron chi connectivity index (χ0n) is 10.6. The van der Waals surface area contributed by atoms with E-state index in [-0.39, 0.29) is 6.04 Å². The van der Waals surface area contributed by atoms with E-state index in [0.29, 0.717) is 31.5 Å². The van der Waals surface area contributed by atoms with Crippen LogP contribution >= 0.6 is 0 Å². The molecule has 1 fully saturated rings. The molecule has 0 aromatic heterocycles. The summed E-state index contributed by atoms with van der Waals surface area (Å²) in [6.07, 6.45) is 2.16. The van der Waals surface area contributed by atoms with Gasteiger partial charge < -0.3 is 9.47 Å². The molecular weight excluding hydrogens is 206 g/mol. The number of hydrogen-bond acceptors (Lipinski definition) is 4. The molecule has 4 heteroatoms. The van der Waals surface area contributed by atoms with Gasteiger partial charge >= 0.3 is 0 Å². The molecular formula is C12H23NO3. The largest absolute Gasteiger partial charge is 0.383 e. The normalized spacial score (nSPS) is 17.8. The van der Waals surface area contributed by atoms with Crippen LogP contribution in [0.15, 0.2) is 0 Å². The van der Waals surface area contributed by atoms with Crippen LogP contribution in [0.25, 0.3) is 0 Å². The van der Waals surface area contributed by atoms with Crippen molar-refractivity contribution in [2.24, 2.45) is 5.92 Å². The minimum Gasteiger partial charge on any atom is -0.383 e. The molecule has 94 valence electrons. The van der Waals surface area contributed by atoms with Gasteiger partial charge in [-0.2, -0.15) is 0 Å². The fourth-order valence-electron chi connectivity index (χ4n) is 1.75. The zero-order chi connectivity index (χ0) is 12.0. The highest BCUT2D eigenvalue weighted by Crippen LogP contribution is 2.30. The molecule has 1 unspecified atom stereocenters. The van der Waals surface area contributed by atoms with Gasteiger partial charge in [-0.3, -0.25) is 9.69 Å². The molecule has 0 heterocycles. The topological polar surface area (TPSA) is 38.8 Å². The number of ketones is 1. The van der Waals surface area contributed by atoms with Gasteiger partial charge in [-0.1, -0.05) is 0 Å². The number of ether oxygens (including phenoxy) is 2. The van der Waals surface area contributed by atoms with Crippen molar-refractivity contribution in [1.82, 2.24) is 4.90 Å². The summed E-state index contributed by atoms with van der Waals surface area (Å²) in [7, 11) is 3.37. The van der Waals surface area contributed by atoms with Crippen molar-refractivity contribution >= 4 is 5.78 Å². The van der Waals surface area contributed by atoms with Crippen LogP contribution < -0.4 is 0 Å². The molecule has 0 N–H and O–H groups in total. The number of Topliss-reactive ketones (excluding diaryl/α,β-unsaturated/α-hetero) is 1. The van der Waals surface area contributed by atoms with Gasteiger partial charge in [-0.05, 0) is 19.8 Å². The molecule has 1 aliphatic rings. The van der Waals surface area contributed by atoms with Crippen molar-refractivity contribution in [1.29, 1.82) is 0 Å². The molecule has 0 aromatic rings. The van der Waals surface area contributed by atoms with Crippen LogP contribution in [0.1, 0.15) is 19.8 Å². The van der Waals surface area contributed by atoms with Crippen LogP contribution in [0, 0.1) is 5.92 Å². The second kappa shape index (κ2) is 6.99. The van der Waals surface area contributed by atoms with E-state index in [0.717, 1.165) is 19.4 Å². The third-order valence-electron chi connectivity index (χ3n) is 3.01. The van der Waals surface area contributed by atoms with E-state index in [1.807, 2.05) is 0 Å². The lowest BCUT2D eigenvalue weighted by molar-refractivity contribution is -0.122. The first-order valence-corrected chi connectivity index (χ1v) is 5.93. The summed E-state index contributed by atoms with van der Waals surface area (Å²) in [5.74, 6) is 0.707. The monoisotopic (exact) mass is 229 g/mol. The molecule has 1 saturated carbocycles. The van der Waals surface area contributed by atoms with E-state index in [4.69, 9.17) is 9.47 Å². The van der Waals surface area contributed by atoms with E-state index in [1.165, 1.54) is 0 Å². The Morgan fingerprint density at radius 1 is 1.38 bits per heavy atom. The summed E-state index contributed by atoms with van der Waals surface area (Å²) in [6, 6.07) is 0.267. The third-order valence-corrected chi connectivity index (χ3v) is 3.01. The van der Waals surface area contributed by atoms with Gasteiger partial charge in [0.05, 0.1) is 19.8 Å². The van der Waals surface area contributed by atoms with Gasteiger partial charge in [-0.25, -0.2) is 0 Å². The van der Waals surface area contributed by atoms with Gasteiger partial charge in [0.2, 0.25) is 0 Å². The summed E-state index contributed by atoms with van der Waals surface area (Å²) >= 11 is 0. The molecule has 0 aliphatic heterocycles. The zero-order valence-corrected chi connectivity index (χ0v) is 10.6. The minimum absolute atomic E-state index is 0.267. The first-order chi connectivity index (χ1) is 7.69. The van der Waals surface area contributed by atoms with Gasteiger partial charge in [0, 0.05) is 32.7 Å². The highest BCUT2D eigenvalue weighted by atomic mass is 16.5. The summed E-state index contributed by atoms with van der Waals surface area (Å²) in [5, 5.41) is 0. The van der Waals surface area contributed by atoms with E-state index < -0.39 is 0 Å². The Kier molecular flexibility index (Phi) is 5.95. The quantitative estimate of drug-likeness (QED) is 0.590. The van der Waals surface area contributed by atoms with Crippen molar-refractivity contribution in [3.05, 3.63) is 0 Å². The standard InChI is InChI=1S/C12H23NO3/c1-10(9-16-3)13(6-7-15-2)8-12(14)11-4-5-11/h10-11H,4-9H2,1-3H3. The lowest BCUT2D eigenvalue weighted by Gasteiger charge is -2.27.